The largest absolute Gasteiger partial charge is 0.486 e. The maximum absolute atomic E-state index is 12.5. The Morgan fingerprint density at radius 2 is 2.14 bits per heavy atom. The summed E-state index contributed by atoms with van der Waals surface area (Å²) in [6, 6.07) is 4.59. The van der Waals surface area contributed by atoms with Crippen LogP contribution in [-0.2, 0) is 14.8 Å². The first-order valence-electron chi connectivity index (χ1n) is 7.35. The van der Waals surface area contributed by atoms with Crippen molar-refractivity contribution in [2.24, 2.45) is 5.92 Å². The molecule has 1 N–H and O–H groups in total. The Labute approximate surface area is 131 Å². The molecule has 22 heavy (non-hydrogen) atoms. The van der Waals surface area contributed by atoms with Gasteiger partial charge in [-0.15, -0.1) is 0 Å². The van der Waals surface area contributed by atoms with Gasteiger partial charge in [0.05, 0.1) is 17.1 Å². The van der Waals surface area contributed by atoms with Gasteiger partial charge >= 0.3 is 0 Å². The van der Waals surface area contributed by atoms with Gasteiger partial charge < -0.3 is 9.64 Å². The molecule has 1 unspecified atom stereocenters. The highest BCUT2D eigenvalue weighted by atomic mass is 32.2. The second kappa shape index (κ2) is 6.26. The first kappa shape index (κ1) is 16.8. The summed E-state index contributed by atoms with van der Waals surface area (Å²) >= 11 is 0. The molecule has 1 aliphatic heterocycles. The molecule has 1 aromatic rings. The lowest BCUT2D eigenvalue weighted by atomic mass is 10.1. The van der Waals surface area contributed by atoms with Gasteiger partial charge in [0.1, 0.15) is 11.9 Å². The number of nitrogens with zero attached hydrogens (tertiary/aromatic N) is 1. The highest BCUT2D eigenvalue weighted by molar-refractivity contribution is 7.89. The fraction of sp³-hybridized carbons (Fsp3) is 0.533. The van der Waals surface area contributed by atoms with Gasteiger partial charge in [-0.05, 0) is 31.7 Å². The standard InChI is InChI=1S/C15H22N2O4S/c1-5-11-9-17(15(18)10(2)3)13-8-12(22(19,20)16-4)6-7-14(13)21-11/h6-8,10-11,16H,5,9H2,1-4H3. The van der Waals surface area contributed by atoms with E-state index in [1.165, 1.54) is 19.2 Å². The highest BCUT2D eigenvalue weighted by Gasteiger charge is 2.31. The van der Waals surface area contributed by atoms with Gasteiger partial charge in [0, 0.05) is 5.92 Å². The molecule has 1 atom stereocenters. The summed E-state index contributed by atoms with van der Waals surface area (Å²) in [4.78, 5) is 14.2. The predicted molar refractivity (Wildman–Crippen MR) is 84.6 cm³/mol. The molecule has 1 amide bonds. The van der Waals surface area contributed by atoms with E-state index in [4.69, 9.17) is 4.74 Å². The van der Waals surface area contributed by atoms with Gasteiger partial charge in [-0.2, -0.15) is 0 Å². The topological polar surface area (TPSA) is 75.7 Å². The maximum Gasteiger partial charge on any atom is 0.240 e. The van der Waals surface area contributed by atoms with E-state index in [0.717, 1.165) is 6.42 Å². The molecule has 0 spiro atoms. The molecule has 1 aliphatic rings. The molecular weight excluding hydrogens is 304 g/mol. The number of hydrogen-bond donors (Lipinski definition) is 1. The van der Waals surface area contributed by atoms with E-state index in [2.05, 4.69) is 4.72 Å². The number of hydrogen-bond acceptors (Lipinski definition) is 4. The molecule has 0 aliphatic carbocycles. The first-order chi connectivity index (χ1) is 10.3. The summed E-state index contributed by atoms with van der Waals surface area (Å²) in [6.45, 7) is 6.08. The SMILES string of the molecule is CCC1CN(C(=O)C(C)C)c2cc(S(=O)(=O)NC)ccc2O1. The van der Waals surface area contributed by atoms with Crippen molar-refractivity contribution in [3.05, 3.63) is 18.2 Å². The molecule has 0 bridgehead atoms. The summed E-state index contributed by atoms with van der Waals surface area (Å²) in [7, 11) is -2.21. The van der Waals surface area contributed by atoms with E-state index >= 15 is 0 Å². The van der Waals surface area contributed by atoms with Crippen LogP contribution in [0.4, 0.5) is 5.69 Å². The molecule has 0 radical (unpaired) electrons. The molecule has 2 rings (SSSR count). The Balaban J connectivity index is 2.52. The average Bonchev–Trinajstić information content (AvgIpc) is 2.52. The minimum Gasteiger partial charge on any atom is -0.486 e. The van der Waals surface area contributed by atoms with E-state index in [1.54, 1.807) is 11.0 Å². The quantitative estimate of drug-likeness (QED) is 0.915. The number of benzene rings is 1. The normalized spacial score (nSPS) is 18.0. The lowest BCUT2D eigenvalue weighted by Crippen LogP contribution is -2.45. The zero-order valence-corrected chi connectivity index (χ0v) is 14.1. The third kappa shape index (κ3) is 3.10. The van der Waals surface area contributed by atoms with Crippen LogP contribution in [0.2, 0.25) is 0 Å². The van der Waals surface area contributed by atoms with E-state index in [0.29, 0.717) is 18.0 Å². The lowest BCUT2D eigenvalue weighted by molar-refractivity contribution is -0.121. The maximum atomic E-state index is 12.5. The van der Waals surface area contributed by atoms with Gasteiger partial charge in [0.2, 0.25) is 15.9 Å². The zero-order valence-electron chi connectivity index (χ0n) is 13.3. The van der Waals surface area contributed by atoms with E-state index < -0.39 is 10.0 Å². The molecule has 0 saturated heterocycles. The van der Waals surface area contributed by atoms with Crippen molar-refractivity contribution >= 4 is 21.6 Å². The van der Waals surface area contributed by atoms with Crippen LogP contribution >= 0.6 is 0 Å². The minimum absolute atomic E-state index is 0.0398. The molecule has 0 saturated carbocycles. The monoisotopic (exact) mass is 326 g/mol. The second-order valence-corrected chi connectivity index (χ2v) is 7.48. The minimum atomic E-state index is -3.56. The van der Waals surface area contributed by atoms with Crippen LogP contribution in [-0.4, -0.2) is 34.0 Å². The van der Waals surface area contributed by atoms with Gasteiger partial charge in [-0.25, -0.2) is 13.1 Å². The lowest BCUT2D eigenvalue weighted by Gasteiger charge is -2.35. The van der Waals surface area contributed by atoms with Crippen molar-refractivity contribution in [1.29, 1.82) is 0 Å². The molecule has 0 fully saturated rings. The van der Waals surface area contributed by atoms with Crippen LogP contribution in [0.3, 0.4) is 0 Å². The van der Waals surface area contributed by atoms with Crippen molar-refractivity contribution in [3.63, 3.8) is 0 Å². The number of fused-ring (bicyclic) bond motifs is 1. The third-order valence-electron chi connectivity index (χ3n) is 3.70. The summed E-state index contributed by atoms with van der Waals surface area (Å²) in [5.41, 5.74) is 0.514. The third-order valence-corrected chi connectivity index (χ3v) is 5.11. The van der Waals surface area contributed by atoms with Crippen molar-refractivity contribution in [1.82, 2.24) is 4.72 Å². The van der Waals surface area contributed by atoms with Gasteiger partial charge in [0.15, 0.2) is 0 Å². The fourth-order valence-corrected chi connectivity index (χ4v) is 3.09. The number of sulfonamides is 1. The highest BCUT2D eigenvalue weighted by Crippen LogP contribution is 2.36. The number of carbonyl (C=O) groups is 1. The number of anilines is 1. The summed E-state index contributed by atoms with van der Waals surface area (Å²) < 4.78 is 32.0. The van der Waals surface area contributed by atoms with Crippen LogP contribution in [0.5, 0.6) is 5.75 Å². The molecule has 6 nitrogen and oxygen atoms in total. The number of ether oxygens (including phenoxy) is 1. The molecule has 0 aromatic heterocycles. The summed E-state index contributed by atoms with van der Waals surface area (Å²) in [6.07, 6.45) is 0.694. The first-order valence-corrected chi connectivity index (χ1v) is 8.84. The van der Waals surface area contributed by atoms with Crippen molar-refractivity contribution in [2.75, 3.05) is 18.5 Å². The molecule has 1 heterocycles. The number of rotatable bonds is 4. The summed E-state index contributed by atoms with van der Waals surface area (Å²) in [5.74, 6) is 0.331. The van der Waals surface area contributed by atoms with Gasteiger partial charge in [0.25, 0.3) is 0 Å². The van der Waals surface area contributed by atoms with Crippen molar-refractivity contribution < 1.29 is 17.9 Å². The smallest absolute Gasteiger partial charge is 0.240 e. The van der Waals surface area contributed by atoms with Gasteiger partial charge in [-0.3, -0.25) is 4.79 Å². The number of amides is 1. The van der Waals surface area contributed by atoms with Crippen molar-refractivity contribution in [2.45, 2.75) is 38.2 Å². The second-order valence-electron chi connectivity index (χ2n) is 5.59. The zero-order chi connectivity index (χ0) is 16.5. The fourth-order valence-electron chi connectivity index (χ4n) is 2.34. The number of carbonyl (C=O) groups excluding carboxylic acids is 1. The van der Waals surface area contributed by atoms with E-state index in [-0.39, 0.29) is 22.8 Å². The van der Waals surface area contributed by atoms with Crippen LogP contribution in [0.15, 0.2) is 23.1 Å². The van der Waals surface area contributed by atoms with E-state index in [1.807, 2.05) is 20.8 Å². The Kier molecular flexibility index (Phi) is 4.77. The number of nitrogens with one attached hydrogen (secondary N) is 1. The molecule has 7 heteroatoms. The van der Waals surface area contributed by atoms with Crippen molar-refractivity contribution in [3.8, 4) is 5.75 Å². The molecular formula is C15H22N2O4S. The Morgan fingerprint density at radius 1 is 1.45 bits per heavy atom. The molecule has 122 valence electrons. The predicted octanol–water partition coefficient (Wildman–Crippen LogP) is 1.75. The van der Waals surface area contributed by atoms with Crippen LogP contribution in [0, 0.1) is 5.92 Å². The van der Waals surface area contributed by atoms with E-state index in [9.17, 15) is 13.2 Å². The summed E-state index contributed by atoms with van der Waals surface area (Å²) in [5, 5.41) is 0. The molecule has 1 aromatic carbocycles. The van der Waals surface area contributed by atoms with Crippen LogP contribution in [0.25, 0.3) is 0 Å². The van der Waals surface area contributed by atoms with Crippen LogP contribution < -0.4 is 14.4 Å². The Morgan fingerprint density at radius 3 is 2.68 bits per heavy atom. The van der Waals surface area contributed by atoms with Gasteiger partial charge in [-0.1, -0.05) is 20.8 Å². The average molecular weight is 326 g/mol. The Bertz CT molecular complexity index is 670. The Hall–Kier alpha value is -1.60. The van der Waals surface area contributed by atoms with Crippen LogP contribution in [0.1, 0.15) is 27.2 Å².